The molecule has 26 heavy (non-hydrogen) atoms. The van der Waals surface area contributed by atoms with Crippen molar-refractivity contribution in [3.8, 4) is 5.75 Å². The molecule has 1 aromatic heterocycles. The summed E-state index contributed by atoms with van der Waals surface area (Å²) < 4.78 is 10.1. The monoisotopic (exact) mass is 373 g/mol. The Morgan fingerprint density at radius 2 is 1.77 bits per heavy atom. The maximum atomic E-state index is 12.4. The van der Waals surface area contributed by atoms with Crippen LogP contribution >= 0.6 is 11.6 Å². The molecule has 134 valence electrons. The molecule has 0 aliphatic rings. The zero-order chi connectivity index (χ0) is 18.7. The zero-order valence-corrected chi connectivity index (χ0v) is 14.8. The number of rotatable bonds is 4. The number of fused-ring (bicyclic) bond motifs is 1. The number of ether oxygens (including phenoxy) is 2. The Morgan fingerprint density at radius 1 is 1.04 bits per heavy atom. The van der Waals surface area contributed by atoms with Gasteiger partial charge in [0.2, 0.25) is 0 Å². The van der Waals surface area contributed by atoms with E-state index in [9.17, 15) is 9.59 Å². The number of H-pyrrole nitrogens is 1. The van der Waals surface area contributed by atoms with E-state index < -0.39 is 12.0 Å². The number of nitrogens with one attached hydrogen (secondary N) is 3. The number of aromatic nitrogens is 1. The van der Waals surface area contributed by atoms with Crippen molar-refractivity contribution in [1.82, 2.24) is 4.98 Å². The number of urea groups is 1. The topological polar surface area (TPSA) is 92.5 Å². The van der Waals surface area contributed by atoms with E-state index in [1.807, 2.05) is 0 Å². The SMILES string of the molecule is COC(=O)c1[nH]c2cccc(OC)c2c1NC(=O)Nc1ccc(Cl)cc1. The highest BCUT2D eigenvalue weighted by molar-refractivity contribution is 6.30. The van der Waals surface area contributed by atoms with Crippen LogP contribution in [0.5, 0.6) is 5.75 Å². The molecule has 0 aliphatic carbocycles. The number of carbonyl (C=O) groups excluding carboxylic acids is 2. The second-order valence-corrected chi connectivity index (χ2v) is 5.77. The Labute approximate surface area is 154 Å². The van der Waals surface area contributed by atoms with Gasteiger partial charge < -0.3 is 25.1 Å². The summed E-state index contributed by atoms with van der Waals surface area (Å²) in [5.74, 6) is -0.0965. The normalized spacial score (nSPS) is 10.4. The van der Waals surface area contributed by atoms with Crippen LogP contribution in [-0.4, -0.2) is 31.2 Å². The largest absolute Gasteiger partial charge is 0.496 e. The van der Waals surface area contributed by atoms with Crippen LogP contribution in [0.1, 0.15) is 10.5 Å². The number of anilines is 2. The van der Waals surface area contributed by atoms with E-state index in [-0.39, 0.29) is 11.4 Å². The minimum atomic E-state index is -0.606. The Kier molecular flexibility index (Phi) is 4.99. The highest BCUT2D eigenvalue weighted by Gasteiger charge is 2.22. The Bertz CT molecular complexity index is 966. The standard InChI is InChI=1S/C18H16ClN3O4/c1-25-13-5-3-4-12-14(13)15(16(21-12)17(23)26-2)22-18(24)20-11-8-6-10(19)7-9-11/h3-9,21H,1-2H3,(H2,20,22,24). The van der Waals surface area contributed by atoms with E-state index in [1.165, 1.54) is 14.2 Å². The molecule has 1 heterocycles. The average Bonchev–Trinajstić information content (AvgIpc) is 3.01. The average molecular weight is 374 g/mol. The number of esters is 1. The van der Waals surface area contributed by atoms with Crippen molar-refractivity contribution >= 4 is 45.9 Å². The van der Waals surface area contributed by atoms with Gasteiger partial charge in [-0.05, 0) is 36.4 Å². The molecule has 8 heteroatoms. The Balaban J connectivity index is 1.97. The summed E-state index contributed by atoms with van der Waals surface area (Å²) in [6.45, 7) is 0. The van der Waals surface area contributed by atoms with Gasteiger partial charge in [-0.25, -0.2) is 9.59 Å². The molecule has 0 atom stereocenters. The summed E-state index contributed by atoms with van der Waals surface area (Å²) >= 11 is 5.84. The third kappa shape index (κ3) is 3.43. The zero-order valence-electron chi connectivity index (χ0n) is 14.1. The molecule has 0 unspecified atom stereocenters. The maximum Gasteiger partial charge on any atom is 0.356 e. The van der Waals surface area contributed by atoms with Crippen LogP contribution in [0, 0.1) is 0 Å². The van der Waals surface area contributed by atoms with Crippen molar-refractivity contribution in [2.24, 2.45) is 0 Å². The summed E-state index contributed by atoms with van der Waals surface area (Å²) in [6.07, 6.45) is 0. The molecule has 0 bridgehead atoms. The molecular weight excluding hydrogens is 358 g/mol. The summed E-state index contributed by atoms with van der Waals surface area (Å²) in [4.78, 5) is 27.5. The van der Waals surface area contributed by atoms with Crippen molar-refractivity contribution in [3.05, 3.63) is 53.2 Å². The van der Waals surface area contributed by atoms with Crippen LogP contribution in [-0.2, 0) is 4.74 Å². The van der Waals surface area contributed by atoms with Gasteiger partial charge in [-0.1, -0.05) is 17.7 Å². The molecule has 3 aromatic rings. The van der Waals surface area contributed by atoms with Crippen molar-refractivity contribution < 1.29 is 19.1 Å². The number of methoxy groups -OCH3 is 2. The first-order valence-electron chi connectivity index (χ1n) is 7.64. The van der Waals surface area contributed by atoms with Crippen LogP contribution in [0.4, 0.5) is 16.2 Å². The number of aromatic amines is 1. The minimum absolute atomic E-state index is 0.123. The first kappa shape index (κ1) is 17.6. The van der Waals surface area contributed by atoms with Gasteiger partial charge in [0.15, 0.2) is 0 Å². The summed E-state index contributed by atoms with van der Waals surface area (Å²) in [7, 11) is 2.78. The quantitative estimate of drug-likeness (QED) is 0.596. The first-order chi connectivity index (χ1) is 12.5. The third-order valence-corrected chi connectivity index (χ3v) is 3.99. The lowest BCUT2D eigenvalue weighted by atomic mass is 10.2. The molecule has 3 rings (SSSR count). The Hall–Kier alpha value is -3.19. The molecular formula is C18H16ClN3O4. The van der Waals surface area contributed by atoms with Gasteiger partial charge in [0.25, 0.3) is 0 Å². The van der Waals surface area contributed by atoms with E-state index in [1.54, 1.807) is 42.5 Å². The van der Waals surface area contributed by atoms with Gasteiger partial charge in [-0.3, -0.25) is 0 Å². The fraction of sp³-hybridized carbons (Fsp3) is 0.111. The van der Waals surface area contributed by atoms with Crippen LogP contribution in [0.15, 0.2) is 42.5 Å². The molecule has 0 spiro atoms. The van der Waals surface area contributed by atoms with E-state index >= 15 is 0 Å². The predicted molar refractivity (Wildman–Crippen MR) is 100 cm³/mol. The van der Waals surface area contributed by atoms with E-state index in [0.29, 0.717) is 27.4 Å². The molecule has 0 aliphatic heterocycles. The molecule has 2 aromatic carbocycles. The van der Waals surface area contributed by atoms with Gasteiger partial charge >= 0.3 is 12.0 Å². The second kappa shape index (κ2) is 7.37. The minimum Gasteiger partial charge on any atom is -0.496 e. The molecule has 3 N–H and O–H groups in total. The van der Waals surface area contributed by atoms with Crippen molar-refractivity contribution in [2.75, 3.05) is 24.9 Å². The molecule has 7 nitrogen and oxygen atoms in total. The summed E-state index contributed by atoms with van der Waals surface area (Å²) in [5.41, 5.74) is 1.58. The maximum absolute atomic E-state index is 12.4. The molecule has 0 saturated carbocycles. The fourth-order valence-corrected chi connectivity index (χ4v) is 2.70. The van der Waals surface area contributed by atoms with Crippen LogP contribution in [0.3, 0.4) is 0 Å². The van der Waals surface area contributed by atoms with Gasteiger partial charge in [-0.15, -0.1) is 0 Å². The number of hydrogen-bond acceptors (Lipinski definition) is 4. The molecule has 2 amide bonds. The van der Waals surface area contributed by atoms with Gasteiger partial charge in [0, 0.05) is 10.7 Å². The number of hydrogen-bond donors (Lipinski definition) is 3. The van der Waals surface area contributed by atoms with Crippen LogP contribution in [0.25, 0.3) is 10.9 Å². The van der Waals surface area contributed by atoms with E-state index in [2.05, 4.69) is 15.6 Å². The fourth-order valence-electron chi connectivity index (χ4n) is 2.57. The highest BCUT2D eigenvalue weighted by atomic mass is 35.5. The third-order valence-electron chi connectivity index (χ3n) is 3.74. The van der Waals surface area contributed by atoms with Gasteiger partial charge in [0.05, 0.1) is 30.8 Å². The molecule has 0 saturated heterocycles. The van der Waals surface area contributed by atoms with E-state index in [0.717, 1.165) is 0 Å². The van der Waals surface area contributed by atoms with E-state index in [4.69, 9.17) is 21.1 Å². The lowest BCUT2D eigenvalue weighted by Gasteiger charge is -2.10. The van der Waals surface area contributed by atoms with Gasteiger partial charge in [-0.2, -0.15) is 0 Å². The van der Waals surface area contributed by atoms with Crippen LogP contribution in [0.2, 0.25) is 5.02 Å². The molecule has 0 radical (unpaired) electrons. The predicted octanol–water partition coefficient (Wildman–Crippen LogP) is 4.26. The number of halogens is 1. The summed E-state index contributed by atoms with van der Waals surface area (Å²) in [5, 5.41) is 6.50. The second-order valence-electron chi connectivity index (χ2n) is 5.34. The van der Waals surface area contributed by atoms with Crippen molar-refractivity contribution in [3.63, 3.8) is 0 Å². The molecule has 0 fully saturated rings. The van der Waals surface area contributed by atoms with Crippen molar-refractivity contribution in [2.45, 2.75) is 0 Å². The lowest BCUT2D eigenvalue weighted by Crippen LogP contribution is -2.21. The number of benzene rings is 2. The van der Waals surface area contributed by atoms with Gasteiger partial charge in [0.1, 0.15) is 11.4 Å². The van der Waals surface area contributed by atoms with Crippen molar-refractivity contribution in [1.29, 1.82) is 0 Å². The Morgan fingerprint density at radius 3 is 2.42 bits per heavy atom. The highest BCUT2D eigenvalue weighted by Crippen LogP contribution is 2.35. The lowest BCUT2D eigenvalue weighted by molar-refractivity contribution is 0.0596. The van der Waals surface area contributed by atoms with Crippen LogP contribution < -0.4 is 15.4 Å². The summed E-state index contributed by atoms with van der Waals surface area (Å²) in [6, 6.07) is 11.4. The smallest absolute Gasteiger partial charge is 0.356 e. The first-order valence-corrected chi connectivity index (χ1v) is 8.02. The number of carbonyl (C=O) groups is 2. The number of amides is 2.